The highest BCUT2D eigenvalue weighted by molar-refractivity contribution is 7.88. The summed E-state index contributed by atoms with van der Waals surface area (Å²) in [5.41, 5.74) is -0.951. The van der Waals surface area contributed by atoms with Crippen LogP contribution in [0.2, 0.25) is 0 Å². The fourth-order valence-corrected chi connectivity index (χ4v) is 5.26. The first-order valence-corrected chi connectivity index (χ1v) is 11.7. The maximum atomic E-state index is 13.5. The average Bonchev–Trinajstić information content (AvgIpc) is 3.02. The molecule has 0 bridgehead atoms. The van der Waals surface area contributed by atoms with Gasteiger partial charge in [0.2, 0.25) is 16.0 Å². The summed E-state index contributed by atoms with van der Waals surface area (Å²) >= 11 is 1.07. The Morgan fingerprint density at radius 2 is 2.10 bits per heavy atom. The molecule has 1 N–H and O–H groups in total. The second-order valence-electron chi connectivity index (χ2n) is 7.28. The summed E-state index contributed by atoms with van der Waals surface area (Å²) in [5.74, 6) is -0.0517. The van der Waals surface area contributed by atoms with Gasteiger partial charge in [-0.1, -0.05) is 6.92 Å². The fraction of sp³-hybridized carbons (Fsp3) is 0.500. The fourth-order valence-electron chi connectivity index (χ4n) is 3.35. The molecular weight excluding hydrogens is 439 g/mol. The van der Waals surface area contributed by atoms with E-state index < -0.39 is 21.8 Å². The van der Waals surface area contributed by atoms with Crippen molar-refractivity contribution in [2.75, 3.05) is 24.7 Å². The molecule has 0 amide bonds. The van der Waals surface area contributed by atoms with Crippen molar-refractivity contribution in [3.8, 4) is 16.6 Å². The number of thiophene rings is 1. The van der Waals surface area contributed by atoms with Crippen LogP contribution in [0, 0.1) is 24.2 Å². The van der Waals surface area contributed by atoms with Crippen molar-refractivity contribution in [2.24, 2.45) is 5.92 Å². The zero-order valence-electron chi connectivity index (χ0n) is 16.5. The van der Waals surface area contributed by atoms with Crippen LogP contribution >= 0.6 is 11.3 Å². The van der Waals surface area contributed by atoms with Gasteiger partial charge in [-0.3, -0.25) is 0 Å². The van der Waals surface area contributed by atoms with Gasteiger partial charge in [0.15, 0.2) is 0 Å². The van der Waals surface area contributed by atoms with Gasteiger partial charge in [-0.25, -0.2) is 22.7 Å². The van der Waals surface area contributed by atoms with E-state index >= 15 is 0 Å². The minimum absolute atomic E-state index is 0.0345. The lowest BCUT2D eigenvalue weighted by molar-refractivity contribution is -0.137. The number of nitrogens with one attached hydrogen (secondary N) is 1. The Hall–Kier alpha value is -2.23. The summed E-state index contributed by atoms with van der Waals surface area (Å²) in [6, 6.07) is 3.17. The number of halogens is 3. The zero-order valence-corrected chi connectivity index (χ0v) is 18.1. The zero-order chi connectivity index (χ0) is 22.3. The number of aryl methyl sites for hydroxylation is 1. The van der Waals surface area contributed by atoms with Crippen LogP contribution in [0.25, 0.3) is 10.6 Å². The molecule has 0 unspecified atom stereocenters. The Morgan fingerprint density at radius 1 is 1.40 bits per heavy atom. The quantitative estimate of drug-likeness (QED) is 0.752. The van der Waals surface area contributed by atoms with Crippen molar-refractivity contribution < 1.29 is 21.6 Å². The predicted octanol–water partition coefficient (Wildman–Crippen LogP) is 3.49. The van der Waals surface area contributed by atoms with E-state index in [-0.39, 0.29) is 28.5 Å². The van der Waals surface area contributed by atoms with Crippen molar-refractivity contribution in [1.82, 2.24) is 14.3 Å². The van der Waals surface area contributed by atoms with E-state index in [0.29, 0.717) is 30.0 Å². The van der Waals surface area contributed by atoms with Crippen molar-refractivity contribution in [3.63, 3.8) is 0 Å². The Balaban J connectivity index is 1.91. The summed E-state index contributed by atoms with van der Waals surface area (Å²) in [6.45, 7) is 4.14. The molecule has 2 atom stereocenters. The molecule has 7 nitrogen and oxygen atoms in total. The number of hydrogen-bond donors (Lipinski definition) is 1. The van der Waals surface area contributed by atoms with E-state index in [0.717, 1.165) is 23.8 Å². The summed E-state index contributed by atoms with van der Waals surface area (Å²) in [4.78, 5) is 8.81. The molecule has 162 valence electrons. The summed E-state index contributed by atoms with van der Waals surface area (Å²) in [7, 11) is -3.30. The lowest BCUT2D eigenvalue weighted by Crippen LogP contribution is -2.47. The molecule has 30 heavy (non-hydrogen) atoms. The van der Waals surface area contributed by atoms with E-state index in [1.807, 2.05) is 13.0 Å². The van der Waals surface area contributed by atoms with Crippen molar-refractivity contribution in [2.45, 2.75) is 32.5 Å². The first kappa shape index (κ1) is 22.5. The molecular formula is C18H20F3N5O2S2. The number of aromatic nitrogens is 2. The summed E-state index contributed by atoms with van der Waals surface area (Å²) in [5, 5.41) is 12.2. The number of nitrogens with zero attached hydrogens (tertiary/aromatic N) is 4. The third-order valence-corrected chi connectivity index (χ3v) is 7.34. The maximum absolute atomic E-state index is 13.5. The van der Waals surface area contributed by atoms with Crippen molar-refractivity contribution in [3.05, 3.63) is 28.3 Å². The Kier molecular flexibility index (Phi) is 6.08. The topological polar surface area (TPSA) is 99.0 Å². The molecule has 2 aromatic rings. The molecule has 1 aliphatic rings. The smallest absolute Gasteiger partial charge is 0.351 e. The first-order valence-electron chi connectivity index (χ1n) is 9.07. The Labute approximate surface area is 176 Å². The number of anilines is 1. The average molecular weight is 460 g/mol. The van der Waals surface area contributed by atoms with Gasteiger partial charge in [0.1, 0.15) is 11.6 Å². The minimum atomic E-state index is -4.65. The normalized spacial score (nSPS) is 20.7. The molecule has 1 aliphatic heterocycles. The van der Waals surface area contributed by atoms with Crippen LogP contribution in [0.5, 0.6) is 0 Å². The minimum Gasteiger partial charge on any atom is -0.351 e. The highest BCUT2D eigenvalue weighted by Crippen LogP contribution is 2.39. The molecule has 3 rings (SSSR count). The molecule has 2 aromatic heterocycles. The third kappa shape index (κ3) is 4.74. The van der Waals surface area contributed by atoms with Crippen LogP contribution in [0.3, 0.4) is 0 Å². The molecule has 1 saturated heterocycles. The molecule has 0 aromatic carbocycles. The molecule has 0 saturated carbocycles. The van der Waals surface area contributed by atoms with Gasteiger partial charge < -0.3 is 5.32 Å². The Bertz CT molecular complexity index is 1090. The van der Waals surface area contributed by atoms with Crippen LogP contribution in [-0.4, -0.2) is 48.1 Å². The second kappa shape index (κ2) is 8.13. The third-order valence-electron chi connectivity index (χ3n) is 5.02. The van der Waals surface area contributed by atoms with Gasteiger partial charge in [-0.15, -0.1) is 11.3 Å². The van der Waals surface area contributed by atoms with Crippen LogP contribution in [0.15, 0.2) is 12.3 Å². The highest BCUT2D eigenvalue weighted by atomic mass is 32.2. The molecule has 12 heteroatoms. The van der Waals surface area contributed by atoms with E-state index in [2.05, 4.69) is 15.3 Å². The number of rotatable bonds is 4. The van der Waals surface area contributed by atoms with Gasteiger partial charge in [-0.05, 0) is 25.3 Å². The maximum Gasteiger partial charge on any atom is 0.420 e. The van der Waals surface area contributed by atoms with Gasteiger partial charge in [0.25, 0.3) is 0 Å². The molecule has 1 fully saturated rings. The lowest BCUT2D eigenvalue weighted by atomic mass is 9.95. The van der Waals surface area contributed by atoms with Crippen LogP contribution < -0.4 is 5.32 Å². The van der Waals surface area contributed by atoms with Crippen molar-refractivity contribution in [1.29, 1.82) is 5.26 Å². The van der Waals surface area contributed by atoms with Crippen LogP contribution in [0.4, 0.5) is 19.1 Å². The monoisotopic (exact) mass is 459 g/mol. The number of piperidine rings is 1. The number of hydrogen-bond acceptors (Lipinski definition) is 7. The Morgan fingerprint density at radius 3 is 2.63 bits per heavy atom. The SMILES string of the molecule is Cc1sc(-c2nc(N[C@H]3CCN(S(C)(=O)=O)C[C@H]3C)ncc2C(F)(F)F)cc1C#N. The van der Waals surface area contributed by atoms with Crippen molar-refractivity contribution >= 4 is 27.3 Å². The van der Waals surface area contributed by atoms with Gasteiger partial charge in [0.05, 0.1) is 22.4 Å². The standard InChI is InChI=1S/C18H20F3N5O2S2/c1-10-9-26(30(3,27)28)5-4-14(10)24-17-23-8-13(18(19,20)21)16(25-17)15-6-12(7-22)11(2)29-15/h6,8,10,14H,4-5,9H2,1-3H3,(H,23,24,25)/t10-,14+/m1/s1. The van der Waals surface area contributed by atoms with Gasteiger partial charge >= 0.3 is 6.18 Å². The van der Waals surface area contributed by atoms with Crippen LogP contribution in [0.1, 0.15) is 29.3 Å². The van der Waals surface area contributed by atoms with E-state index in [1.165, 1.54) is 10.4 Å². The van der Waals surface area contributed by atoms with E-state index in [9.17, 15) is 21.6 Å². The van der Waals surface area contributed by atoms with E-state index in [1.54, 1.807) is 6.92 Å². The summed E-state index contributed by atoms with van der Waals surface area (Å²) in [6.07, 6.45) is -2.28. The molecule has 0 radical (unpaired) electrons. The lowest BCUT2D eigenvalue weighted by Gasteiger charge is -2.35. The number of nitriles is 1. The second-order valence-corrected chi connectivity index (χ2v) is 10.5. The number of alkyl halides is 3. The molecule has 0 aliphatic carbocycles. The largest absolute Gasteiger partial charge is 0.420 e. The molecule has 3 heterocycles. The first-order chi connectivity index (χ1) is 13.9. The number of sulfonamides is 1. The highest BCUT2D eigenvalue weighted by Gasteiger charge is 2.37. The molecule has 0 spiro atoms. The van der Waals surface area contributed by atoms with Gasteiger partial charge in [-0.2, -0.15) is 18.4 Å². The summed E-state index contributed by atoms with van der Waals surface area (Å²) < 4.78 is 65.4. The predicted molar refractivity (Wildman–Crippen MR) is 107 cm³/mol. The van der Waals surface area contributed by atoms with Crippen LogP contribution in [-0.2, 0) is 16.2 Å². The van der Waals surface area contributed by atoms with Gasteiger partial charge in [0, 0.05) is 30.2 Å². The van der Waals surface area contributed by atoms with E-state index in [4.69, 9.17) is 5.26 Å².